The lowest BCUT2D eigenvalue weighted by atomic mass is 9.99. The van der Waals surface area contributed by atoms with Crippen molar-refractivity contribution in [3.63, 3.8) is 0 Å². The predicted molar refractivity (Wildman–Crippen MR) is 92.6 cm³/mol. The van der Waals surface area contributed by atoms with E-state index in [2.05, 4.69) is 28.8 Å². The Kier molecular flexibility index (Phi) is 6.37. The molecule has 0 saturated carbocycles. The molecular weight excluding hydrogens is 298 g/mol. The third kappa shape index (κ3) is 4.95. The van der Waals surface area contributed by atoms with Gasteiger partial charge in [-0.05, 0) is 42.6 Å². The number of allylic oxidation sites excluding steroid dienone is 2. The molecule has 0 amide bonds. The molecule has 0 radical (unpaired) electrons. The summed E-state index contributed by atoms with van der Waals surface area (Å²) in [7, 11) is 0. The van der Waals surface area contributed by atoms with Gasteiger partial charge in [-0.1, -0.05) is 31.2 Å². The van der Waals surface area contributed by atoms with Crippen molar-refractivity contribution in [3.8, 4) is 0 Å². The van der Waals surface area contributed by atoms with Crippen LogP contribution in [0.3, 0.4) is 0 Å². The van der Waals surface area contributed by atoms with Crippen LogP contribution in [0.1, 0.15) is 18.4 Å². The summed E-state index contributed by atoms with van der Waals surface area (Å²) in [5.41, 5.74) is 6.64. The maximum absolute atomic E-state index is 5.44. The molecule has 0 aliphatic carbocycles. The number of hydrogen-bond donors (Lipinski definition) is 2. The lowest BCUT2D eigenvalue weighted by Crippen LogP contribution is -2.02. The number of nitrogens with two attached hydrogens (primary N) is 1. The molecular formula is C16H19N3S2. The van der Waals surface area contributed by atoms with Gasteiger partial charge in [-0.25, -0.2) is 4.98 Å². The van der Waals surface area contributed by atoms with Crippen molar-refractivity contribution >= 4 is 28.9 Å². The summed E-state index contributed by atoms with van der Waals surface area (Å²) >= 11 is 3.25. The fourth-order valence-electron chi connectivity index (χ4n) is 1.84. The van der Waals surface area contributed by atoms with Crippen LogP contribution in [0.2, 0.25) is 0 Å². The number of benzene rings is 1. The van der Waals surface area contributed by atoms with Crippen LogP contribution in [0, 0.1) is 5.92 Å². The molecule has 1 unspecified atom stereocenters. The van der Waals surface area contributed by atoms with Gasteiger partial charge < -0.3 is 10.5 Å². The normalized spacial score (nSPS) is 13.5. The lowest BCUT2D eigenvalue weighted by molar-refractivity contribution is 0.761. The molecule has 1 aromatic carbocycles. The second-order valence-electron chi connectivity index (χ2n) is 4.53. The largest absolute Gasteiger partial charge is 0.405 e. The fraction of sp³-hybridized carbons (Fsp3) is 0.188. The molecule has 0 fully saturated rings. The van der Waals surface area contributed by atoms with Gasteiger partial charge >= 0.3 is 0 Å². The van der Waals surface area contributed by atoms with Crippen LogP contribution in [0.15, 0.2) is 65.3 Å². The standard InChI is InChI=1S/C16H19N3S2/c1-13(6-5-9-17)15(16-18-10-11-20-16)12-19-21-14-7-3-2-4-8-14/h2-5,7-13,19H,6,17H2,1H3/b9-5-,15-12+. The minimum absolute atomic E-state index is 0.361. The van der Waals surface area contributed by atoms with Gasteiger partial charge in [0.2, 0.25) is 0 Å². The summed E-state index contributed by atoms with van der Waals surface area (Å²) in [6.07, 6.45) is 8.37. The SMILES string of the molecule is CC(C/C=C\N)/C(=C\NSc1ccccc1)c1nccs1. The smallest absolute Gasteiger partial charge is 0.120 e. The molecule has 21 heavy (non-hydrogen) atoms. The zero-order valence-corrected chi connectivity index (χ0v) is 13.5. The van der Waals surface area contributed by atoms with Gasteiger partial charge in [0.05, 0.1) is 0 Å². The van der Waals surface area contributed by atoms with Crippen molar-refractivity contribution in [2.24, 2.45) is 11.7 Å². The van der Waals surface area contributed by atoms with Gasteiger partial charge in [0.1, 0.15) is 5.01 Å². The van der Waals surface area contributed by atoms with E-state index < -0.39 is 0 Å². The van der Waals surface area contributed by atoms with Crippen LogP contribution in [-0.4, -0.2) is 4.98 Å². The zero-order valence-electron chi connectivity index (χ0n) is 11.9. The molecule has 0 spiro atoms. The van der Waals surface area contributed by atoms with E-state index in [0.29, 0.717) is 5.92 Å². The van der Waals surface area contributed by atoms with Crippen LogP contribution in [0.4, 0.5) is 0 Å². The summed E-state index contributed by atoms with van der Waals surface area (Å²) in [5.74, 6) is 0.361. The first-order valence-electron chi connectivity index (χ1n) is 6.75. The van der Waals surface area contributed by atoms with Crippen molar-refractivity contribution < 1.29 is 0 Å². The number of thiazole rings is 1. The molecule has 2 aromatic rings. The first-order chi connectivity index (χ1) is 10.3. The number of aromatic nitrogens is 1. The van der Waals surface area contributed by atoms with Crippen LogP contribution in [0.5, 0.6) is 0 Å². The third-order valence-electron chi connectivity index (χ3n) is 2.97. The maximum atomic E-state index is 5.44. The van der Waals surface area contributed by atoms with Gasteiger partial charge in [0.15, 0.2) is 0 Å². The summed E-state index contributed by atoms with van der Waals surface area (Å²) in [5, 5.41) is 3.05. The molecule has 1 atom stereocenters. The van der Waals surface area contributed by atoms with E-state index in [4.69, 9.17) is 5.73 Å². The molecule has 0 saturated heterocycles. The molecule has 0 aliphatic rings. The minimum atomic E-state index is 0.361. The van der Waals surface area contributed by atoms with Gasteiger partial charge in [-0.3, -0.25) is 0 Å². The second-order valence-corrected chi connectivity index (χ2v) is 6.34. The van der Waals surface area contributed by atoms with E-state index in [9.17, 15) is 0 Å². The van der Waals surface area contributed by atoms with Gasteiger partial charge in [0, 0.05) is 28.2 Å². The van der Waals surface area contributed by atoms with Crippen LogP contribution in [0.25, 0.3) is 5.57 Å². The summed E-state index contributed by atoms with van der Waals surface area (Å²) < 4.78 is 3.31. The number of rotatable bonds is 7. The van der Waals surface area contributed by atoms with E-state index in [1.54, 1.807) is 29.5 Å². The minimum Gasteiger partial charge on any atom is -0.405 e. The summed E-state index contributed by atoms with van der Waals surface area (Å²) in [6, 6.07) is 10.2. The summed E-state index contributed by atoms with van der Waals surface area (Å²) in [4.78, 5) is 5.60. The van der Waals surface area contributed by atoms with Crippen LogP contribution >= 0.6 is 23.3 Å². The summed E-state index contributed by atoms with van der Waals surface area (Å²) in [6.45, 7) is 2.18. The Labute approximate surface area is 134 Å². The molecule has 5 heteroatoms. The highest BCUT2D eigenvalue weighted by Crippen LogP contribution is 2.28. The predicted octanol–water partition coefficient (Wildman–Crippen LogP) is 4.28. The lowest BCUT2D eigenvalue weighted by Gasteiger charge is -2.12. The van der Waals surface area contributed by atoms with Crippen molar-refractivity contribution in [2.45, 2.75) is 18.2 Å². The van der Waals surface area contributed by atoms with Crippen molar-refractivity contribution in [1.82, 2.24) is 9.71 Å². The first kappa shape index (κ1) is 15.7. The maximum Gasteiger partial charge on any atom is 0.120 e. The molecule has 110 valence electrons. The zero-order chi connectivity index (χ0) is 14.9. The quantitative estimate of drug-likeness (QED) is 0.748. The van der Waals surface area contributed by atoms with E-state index in [0.717, 1.165) is 11.4 Å². The Balaban J connectivity index is 2.06. The van der Waals surface area contributed by atoms with Crippen LogP contribution < -0.4 is 10.5 Å². The average Bonchev–Trinajstić information content (AvgIpc) is 3.04. The Morgan fingerprint density at radius 1 is 1.43 bits per heavy atom. The molecule has 3 nitrogen and oxygen atoms in total. The second kappa shape index (κ2) is 8.54. The molecule has 2 rings (SSSR count). The number of nitrogens with zero attached hydrogens (tertiary/aromatic N) is 1. The first-order valence-corrected chi connectivity index (χ1v) is 8.45. The van der Waals surface area contributed by atoms with Gasteiger partial charge in [-0.2, -0.15) is 0 Å². The number of hydrogen-bond acceptors (Lipinski definition) is 5. The van der Waals surface area contributed by atoms with E-state index in [1.807, 2.05) is 42.1 Å². The topological polar surface area (TPSA) is 50.9 Å². The van der Waals surface area contributed by atoms with E-state index in [-0.39, 0.29) is 0 Å². The van der Waals surface area contributed by atoms with Crippen molar-refractivity contribution in [2.75, 3.05) is 0 Å². The van der Waals surface area contributed by atoms with E-state index >= 15 is 0 Å². The fourth-order valence-corrected chi connectivity index (χ4v) is 3.22. The van der Waals surface area contributed by atoms with E-state index in [1.165, 1.54) is 10.5 Å². The highest BCUT2D eigenvalue weighted by Gasteiger charge is 2.12. The van der Waals surface area contributed by atoms with Crippen LogP contribution in [-0.2, 0) is 0 Å². The molecule has 0 bridgehead atoms. The highest BCUT2D eigenvalue weighted by atomic mass is 32.2. The van der Waals surface area contributed by atoms with Crippen molar-refractivity contribution in [3.05, 3.63) is 65.4 Å². The highest BCUT2D eigenvalue weighted by molar-refractivity contribution is 7.97. The number of nitrogens with one attached hydrogen (secondary N) is 1. The van der Waals surface area contributed by atoms with Gasteiger partial charge in [0.25, 0.3) is 0 Å². The Hall–Kier alpha value is -1.72. The van der Waals surface area contributed by atoms with Crippen molar-refractivity contribution in [1.29, 1.82) is 0 Å². The monoisotopic (exact) mass is 317 g/mol. The average molecular weight is 317 g/mol. The Morgan fingerprint density at radius 3 is 2.90 bits per heavy atom. The Morgan fingerprint density at radius 2 is 2.24 bits per heavy atom. The molecule has 0 aliphatic heterocycles. The third-order valence-corrected chi connectivity index (χ3v) is 4.54. The van der Waals surface area contributed by atoms with Gasteiger partial charge in [-0.15, -0.1) is 11.3 Å². The Bertz CT molecular complexity index is 577. The molecule has 1 aromatic heterocycles. The molecule has 1 heterocycles. The molecule has 3 N–H and O–H groups in total.